The van der Waals surface area contributed by atoms with E-state index in [0.29, 0.717) is 41.8 Å². The smallest absolute Gasteiger partial charge is 0.192 e. The molecule has 0 aromatic rings. The summed E-state index contributed by atoms with van der Waals surface area (Å²) in [4.78, 5) is 0. The number of hydrogen-bond donors (Lipinski definition) is 1. The molecule has 4 fully saturated rings. The summed E-state index contributed by atoms with van der Waals surface area (Å²) >= 11 is 0. The van der Waals surface area contributed by atoms with Crippen LogP contribution in [-0.4, -0.2) is 38.3 Å². The molecule has 0 amide bonds. The third kappa shape index (κ3) is 3.15. The van der Waals surface area contributed by atoms with Gasteiger partial charge in [0.25, 0.3) is 0 Å². The molecule has 1 aliphatic heterocycles. The molecule has 0 aromatic carbocycles. The second kappa shape index (κ2) is 7.29. The maximum absolute atomic E-state index is 9.87. The summed E-state index contributed by atoms with van der Waals surface area (Å²) in [7, 11) is -1.82. The summed E-state index contributed by atoms with van der Waals surface area (Å²) in [5, 5.41) is 10.1. The van der Waals surface area contributed by atoms with Gasteiger partial charge < -0.3 is 14.3 Å². The lowest BCUT2D eigenvalue weighted by atomic mass is 9.50. The summed E-state index contributed by atoms with van der Waals surface area (Å²) in [6.07, 6.45) is 12.0. The number of epoxide rings is 1. The molecule has 5 rings (SSSR count). The van der Waals surface area contributed by atoms with Gasteiger partial charge in [-0.15, -0.1) is 0 Å². The Hall–Kier alpha value is -0.423. The van der Waals surface area contributed by atoms with Crippen molar-refractivity contribution < 1.29 is 14.3 Å². The van der Waals surface area contributed by atoms with Crippen molar-refractivity contribution in [1.82, 2.24) is 0 Å². The van der Waals surface area contributed by atoms with E-state index < -0.39 is 8.32 Å². The van der Waals surface area contributed by atoms with Crippen LogP contribution in [0.15, 0.2) is 23.3 Å². The van der Waals surface area contributed by atoms with E-state index in [2.05, 4.69) is 66.8 Å². The predicted octanol–water partition coefficient (Wildman–Crippen LogP) is 6.49. The second-order valence-electron chi connectivity index (χ2n) is 13.8. The molecule has 9 atom stereocenters. The number of hydrogen-bond acceptors (Lipinski definition) is 3. The standard InChI is InChI=1S/C28H46O3Si/c1-17(16-29)20-11-12-21-19-10-9-18-15-23(31-32(7,8)26(2,3)4)24-25(30-24)28(18,6)22(19)13-14-27(20,21)5/h9-10,17,20-25,29H,11-16H2,1-8H3/t17-,20-,21+,22+,23-,24+,25+,27-,28+/m1/s1. The van der Waals surface area contributed by atoms with Gasteiger partial charge in [0.05, 0.1) is 12.2 Å². The molecular formula is C28H46O3Si. The van der Waals surface area contributed by atoms with E-state index in [1.807, 2.05) is 0 Å². The minimum absolute atomic E-state index is 0.143. The molecule has 4 heteroatoms. The fraction of sp³-hybridized carbons (Fsp3) is 0.857. The Labute approximate surface area is 197 Å². The van der Waals surface area contributed by atoms with Crippen LogP contribution >= 0.6 is 0 Å². The number of fused-ring (bicyclic) bond motifs is 7. The molecule has 3 nitrogen and oxygen atoms in total. The number of allylic oxidation sites excluding steroid dienone is 3. The molecule has 0 spiro atoms. The highest BCUT2D eigenvalue weighted by Gasteiger charge is 2.67. The monoisotopic (exact) mass is 458 g/mol. The van der Waals surface area contributed by atoms with Crippen molar-refractivity contribution in [3.8, 4) is 0 Å². The van der Waals surface area contributed by atoms with Gasteiger partial charge in [-0.2, -0.15) is 0 Å². The molecule has 3 saturated carbocycles. The predicted molar refractivity (Wildman–Crippen MR) is 133 cm³/mol. The zero-order valence-corrected chi connectivity index (χ0v) is 22.7. The molecule has 1 heterocycles. The fourth-order valence-electron chi connectivity index (χ4n) is 8.13. The molecule has 32 heavy (non-hydrogen) atoms. The lowest BCUT2D eigenvalue weighted by molar-refractivity contribution is 0.0311. The van der Waals surface area contributed by atoms with Gasteiger partial charge in [-0.3, -0.25) is 0 Å². The van der Waals surface area contributed by atoms with Gasteiger partial charge in [0.2, 0.25) is 0 Å². The summed E-state index contributed by atoms with van der Waals surface area (Å²) < 4.78 is 13.4. The van der Waals surface area contributed by atoms with Gasteiger partial charge in [-0.05, 0) is 79.3 Å². The molecule has 0 unspecified atom stereocenters. The zero-order chi connectivity index (χ0) is 23.3. The van der Waals surface area contributed by atoms with Crippen LogP contribution < -0.4 is 0 Å². The largest absolute Gasteiger partial charge is 0.411 e. The van der Waals surface area contributed by atoms with Crippen molar-refractivity contribution in [3.63, 3.8) is 0 Å². The maximum atomic E-state index is 9.87. The quantitative estimate of drug-likeness (QED) is 0.387. The number of ether oxygens (including phenoxy) is 1. The van der Waals surface area contributed by atoms with Crippen LogP contribution in [-0.2, 0) is 9.16 Å². The number of aliphatic hydroxyl groups is 1. The van der Waals surface area contributed by atoms with Crippen molar-refractivity contribution in [3.05, 3.63) is 23.3 Å². The van der Waals surface area contributed by atoms with Crippen LogP contribution in [0.1, 0.15) is 73.6 Å². The summed E-state index contributed by atoms with van der Waals surface area (Å²) in [5.41, 5.74) is 3.77. The normalized spacial score (nSPS) is 46.3. The first-order chi connectivity index (χ1) is 14.8. The zero-order valence-electron chi connectivity index (χ0n) is 21.7. The first kappa shape index (κ1) is 23.3. The average Bonchev–Trinajstić information content (AvgIpc) is 3.44. The Morgan fingerprint density at radius 3 is 2.53 bits per heavy atom. The topological polar surface area (TPSA) is 42.0 Å². The van der Waals surface area contributed by atoms with Crippen LogP contribution in [0.4, 0.5) is 0 Å². The van der Waals surface area contributed by atoms with E-state index in [4.69, 9.17) is 9.16 Å². The molecule has 1 saturated heterocycles. The van der Waals surface area contributed by atoms with E-state index in [1.165, 1.54) is 25.7 Å². The van der Waals surface area contributed by atoms with E-state index >= 15 is 0 Å². The molecule has 0 radical (unpaired) electrons. The molecule has 4 aliphatic carbocycles. The van der Waals surface area contributed by atoms with Crippen molar-refractivity contribution in [2.75, 3.05) is 6.61 Å². The van der Waals surface area contributed by atoms with Gasteiger partial charge in [-0.25, -0.2) is 0 Å². The third-order valence-electron chi connectivity index (χ3n) is 11.2. The molecule has 0 aromatic heterocycles. The van der Waals surface area contributed by atoms with E-state index in [1.54, 1.807) is 11.1 Å². The Balaban J connectivity index is 1.42. The highest BCUT2D eigenvalue weighted by molar-refractivity contribution is 6.74. The number of aliphatic hydroxyl groups excluding tert-OH is 1. The van der Waals surface area contributed by atoms with Crippen molar-refractivity contribution in [2.45, 2.75) is 110 Å². The minimum atomic E-state index is -1.82. The third-order valence-corrected chi connectivity index (χ3v) is 15.7. The van der Waals surface area contributed by atoms with Gasteiger partial charge >= 0.3 is 0 Å². The van der Waals surface area contributed by atoms with E-state index in [-0.39, 0.29) is 22.7 Å². The summed E-state index contributed by atoms with van der Waals surface area (Å²) in [6, 6.07) is 0. The highest BCUT2D eigenvalue weighted by Crippen LogP contribution is 2.68. The Kier molecular flexibility index (Phi) is 5.31. The Morgan fingerprint density at radius 2 is 1.88 bits per heavy atom. The van der Waals surface area contributed by atoms with Gasteiger partial charge in [0.15, 0.2) is 8.32 Å². The first-order valence-electron chi connectivity index (χ1n) is 13.2. The van der Waals surface area contributed by atoms with Gasteiger partial charge in [0, 0.05) is 12.0 Å². The van der Waals surface area contributed by atoms with Crippen LogP contribution in [0.3, 0.4) is 0 Å². The van der Waals surface area contributed by atoms with Crippen LogP contribution in [0.5, 0.6) is 0 Å². The van der Waals surface area contributed by atoms with Crippen LogP contribution in [0.25, 0.3) is 0 Å². The molecule has 180 valence electrons. The summed E-state index contributed by atoms with van der Waals surface area (Å²) in [6.45, 7) is 19.4. The second-order valence-corrected chi connectivity index (χ2v) is 18.5. The van der Waals surface area contributed by atoms with Crippen LogP contribution in [0.2, 0.25) is 18.1 Å². The molecule has 0 bridgehead atoms. The van der Waals surface area contributed by atoms with Crippen molar-refractivity contribution >= 4 is 8.32 Å². The van der Waals surface area contributed by atoms with Crippen molar-refractivity contribution in [2.24, 2.45) is 34.5 Å². The SMILES string of the molecule is C[C@H](CO)[C@H]1CC[C@H]2C3=CC=C4C[C@@H](O[Si](C)(C)C(C)(C)C)[C@@H]5O[C@@H]5[C@]4(C)[C@H]3CC[C@]12C. The lowest BCUT2D eigenvalue weighted by Gasteiger charge is -2.54. The average molecular weight is 459 g/mol. The van der Waals surface area contributed by atoms with E-state index in [9.17, 15) is 5.11 Å². The van der Waals surface area contributed by atoms with Crippen molar-refractivity contribution in [1.29, 1.82) is 0 Å². The molecule has 5 aliphatic rings. The summed E-state index contributed by atoms with van der Waals surface area (Å²) in [5.74, 6) is 2.35. The van der Waals surface area contributed by atoms with Gasteiger partial charge in [0.1, 0.15) is 6.10 Å². The van der Waals surface area contributed by atoms with Crippen LogP contribution in [0, 0.1) is 34.5 Å². The number of rotatable bonds is 4. The fourth-order valence-corrected chi connectivity index (χ4v) is 9.46. The lowest BCUT2D eigenvalue weighted by Crippen LogP contribution is -2.52. The van der Waals surface area contributed by atoms with E-state index in [0.717, 1.165) is 6.42 Å². The Bertz CT molecular complexity index is 838. The molecule has 1 N–H and O–H groups in total. The Morgan fingerprint density at radius 1 is 1.16 bits per heavy atom. The van der Waals surface area contributed by atoms with Gasteiger partial charge in [-0.1, -0.05) is 64.8 Å². The molecular weight excluding hydrogens is 412 g/mol. The maximum Gasteiger partial charge on any atom is 0.192 e. The first-order valence-corrected chi connectivity index (χ1v) is 16.1. The highest BCUT2D eigenvalue weighted by atomic mass is 28.4. The minimum Gasteiger partial charge on any atom is -0.411 e.